The number of aromatic nitrogens is 6. The number of aryl methyl sites for hydroxylation is 3. The topological polar surface area (TPSA) is 107 Å². The van der Waals surface area contributed by atoms with Crippen LogP contribution < -0.4 is 11.2 Å². The lowest BCUT2D eigenvalue weighted by atomic mass is 10.3. The SMILES string of the molecule is CN1CCN(CCc2nc(CCCn3cnc4c3c(=O)n(C)c(=O)n4C)no2)CC1. The molecular formula is C19H28N8O3. The second kappa shape index (κ2) is 8.52. The zero-order valence-electron chi connectivity index (χ0n) is 17.7. The van der Waals surface area contributed by atoms with Crippen molar-refractivity contribution in [3.05, 3.63) is 38.9 Å². The number of nitrogens with zero attached hydrogens (tertiary/aromatic N) is 8. The van der Waals surface area contributed by atoms with Crippen molar-refractivity contribution in [2.24, 2.45) is 14.1 Å². The number of fused-ring (bicyclic) bond motifs is 1. The Hall–Kier alpha value is -2.79. The molecule has 11 nitrogen and oxygen atoms in total. The van der Waals surface area contributed by atoms with Crippen LogP contribution in [0.15, 0.2) is 20.4 Å². The zero-order chi connectivity index (χ0) is 21.3. The van der Waals surface area contributed by atoms with Gasteiger partial charge in [-0.3, -0.25) is 13.9 Å². The van der Waals surface area contributed by atoms with Gasteiger partial charge in [-0.05, 0) is 13.5 Å². The van der Waals surface area contributed by atoms with Gasteiger partial charge in [0.05, 0.1) is 6.33 Å². The molecule has 0 atom stereocenters. The van der Waals surface area contributed by atoms with Crippen molar-refractivity contribution >= 4 is 11.2 Å². The van der Waals surface area contributed by atoms with E-state index in [1.54, 1.807) is 17.9 Å². The van der Waals surface area contributed by atoms with Crippen LogP contribution in [0, 0.1) is 0 Å². The van der Waals surface area contributed by atoms with Gasteiger partial charge in [0.2, 0.25) is 5.89 Å². The Balaban J connectivity index is 1.33. The van der Waals surface area contributed by atoms with Gasteiger partial charge >= 0.3 is 5.69 Å². The van der Waals surface area contributed by atoms with Gasteiger partial charge in [0.15, 0.2) is 17.0 Å². The molecule has 1 aliphatic heterocycles. The third-order valence-electron chi connectivity index (χ3n) is 5.76. The first-order valence-corrected chi connectivity index (χ1v) is 10.3. The molecule has 0 amide bonds. The summed E-state index contributed by atoms with van der Waals surface area (Å²) in [4.78, 5) is 38.0. The molecule has 1 saturated heterocycles. The minimum absolute atomic E-state index is 0.337. The fourth-order valence-electron chi connectivity index (χ4n) is 3.79. The molecule has 4 rings (SSSR count). The van der Waals surface area contributed by atoms with Crippen molar-refractivity contribution < 1.29 is 4.52 Å². The lowest BCUT2D eigenvalue weighted by Crippen LogP contribution is -2.45. The highest BCUT2D eigenvalue weighted by Gasteiger charge is 2.16. The van der Waals surface area contributed by atoms with Gasteiger partial charge < -0.3 is 18.9 Å². The van der Waals surface area contributed by atoms with Gasteiger partial charge in [0.1, 0.15) is 0 Å². The number of piperazine rings is 1. The van der Waals surface area contributed by atoms with Crippen LogP contribution >= 0.6 is 0 Å². The van der Waals surface area contributed by atoms with Crippen LogP contribution in [-0.4, -0.2) is 78.4 Å². The van der Waals surface area contributed by atoms with Gasteiger partial charge in [0.25, 0.3) is 5.56 Å². The molecule has 11 heteroatoms. The van der Waals surface area contributed by atoms with Crippen LogP contribution in [0.2, 0.25) is 0 Å². The van der Waals surface area contributed by atoms with Gasteiger partial charge in [0, 0.05) is 66.2 Å². The fraction of sp³-hybridized carbons (Fsp3) is 0.632. The normalized spacial score (nSPS) is 16.0. The van der Waals surface area contributed by atoms with E-state index in [4.69, 9.17) is 4.52 Å². The largest absolute Gasteiger partial charge is 0.339 e. The lowest BCUT2D eigenvalue weighted by molar-refractivity contribution is 0.152. The summed E-state index contributed by atoms with van der Waals surface area (Å²) in [6.45, 7) is 5.83. The highest BCUT2D eigenvalue weighted by atomic mass is 16.5. The molecule has 0 radical (unpaired) electrons. The van der Waals surface area contributed by atoms with Crippen LogP contribution in [0.5, 0.6) is 0 Å². The maximum absolute atomic E-state index is 12.5. The fourth-order valence-corrected chi connectivity index (χ4v) is 3.79. The first-order valence-electron chi connectivity index (χ1n) is 10.3. The summed E-state index contributed by atoms with van der Waals surface area (Å²) in [5, 5.41) is 4.08. The Kier molecular flexibility index (Phi) is 5.82. The van der Waals surface area contributed by atoms with E-state index in [1.165, 1.54) is 11.6 Å². The molecule has 0 unspecified atom stereocenters. The Morgan fingerprint density at radius 2 is 1.77 bits per heavy atom. The summed E-state index contributed by atoms with van der Waals surface area (Å²) < 4.78 is 9.66. The lowest BCUT2D eigenvalue weighted by Gasteiger charge is -2.31. The summed E-state index contributed by atoms with van der Waals surface area (Å²) in [6.07, 6.45) is 3.73. The van der Waals surface area contributed by atoms with Crippen molar-refractivity contribution in [1.29, 1.82) is 0 Å². The van der Waals surface area contributed by atoms with E-state index in [0.29, 0.717) is 35.8 Å². The third kappa shape index (κ3) is 4.08. The number of hydrogen-bond donors (Lipinski definition) is 0. The first-order chi connectivity index (χ1) is 14.4. The Morgan fingerprint density at radius 3 is 2.53 bits per heavy atom. The number of hydrogen-bond acceptors (Lipinski definition) is 8. The summed E-state index contributed by atoms with van der Waals surface area (Å²) >= 11 is 0. The van der Waals surface area contributed by atoms with E-state index in [9.17, 15) is 9.59 Å². The van der Waals surface area contributed by atoms with Crippen LogP contribution in [-0.2, 0) is 33.5 Å². The van der Waals surface area contributed by atoms with Crippen LogP contribution in [0.1, 0.15) is 18.1 Å². The molecule has 0 aromatic carbocycles. The molecule has 0 aliphatic carbocycles. The minimum Gasteiger partial charge on any atom is -0.339 e. The van der Waals surface area contributed by atoms with Crippen molar-refractivity contribution in [1.82, 2.24) is 38.6 Å². The molecule has 0 N–H and O–H groups in total. The predicted octanol–water partition coefficient (Wildman–Crippen LogP) is -0.761. The predicted molar refractivity (Wildman–Crippen MR) is 110 cm³/mol. The monoisotopic (exact) mass is 416 g/mol. The molecule has 30 heavy (non-hydrogen) atoms. The summed E-state index contributed by atoms with van der Waals surface area (Å²) in [7, 11) is 5.24. The zero-order valence-corrected chi connectivity index (χ0v) is 17.7. The molecule has 162 valence electrons. The van der Waals surface area contributed by atoms with Crippen molar-refractivity contribution in [3.63, 3.8) is 0 Å². The summed E-state index contributed by atoms with van der Waals surface area (Å²) in [6, 6.07) is 0. The quantitative estimate of drug-likeness (QED) is 0.495. The van der Waals surface area contributed by atoms with Gasteiger partial charge in [-0.2, -0.15) is 4.98 Å². The maximum Gasteiger partial charge on any atom is 0.332 e. The van der Waals surface area contributed by atoms with Gasteiger partial charge in [-0.25, -0.2) is 9.78 Å². The molecule has 0 saturated carbocycles. The van der Waals surface area contributed by atoms with Crippen LogP contribution in [0.25, 0.3) is 11.2 Å². The molecule has 1 aliphatic rings. The Morgan fingerprint density at radius 1 is 1.00 bits per heavy atom. The summed E-state index contributed by atoms with van der Waals surface area (Å²) in [5.74, 6) is 1.34. The maximum atomic E-state index is 12.5. The summed E-state index contributed by atoms with van der Waals surface area (Å²) in [5.41, 5.74) is 0.111. The van der Waals surface area contributed by atoms with Gasteiger partial charge in [-0.15, -0.1) is 0 Å². The van der Waals surface area contributed by atoms with Crippen molar-refractivity contribution in [2.45, 2.75) is 25.8 Å². The standard InChI is InChI=1S/C19H28N8O3/c1-23-9-11-26(12-10-23)8-6-15-21-14(22-30-15)5-4-7-27-13-20-17-16(27)18(28)25(3)19(29)24(17)2/h13H,4-12H2,1-3H3. The van der Waals surface area contributed by atoms with Crippen LogP contribution in [0.3, 0.4) is 0 Å². The minimum atomic E-state index is -0.381. The highest BCUT2D eigenvalue weighted by Crippen LogP contribution is 2.09. The average molecular weight is 416 g/mol. The van der Waals surface area contributed by atoms with E-state index < -0.39 is 0 Å². The van der Waals surface area contributed by atoms with E-state index in [-0.39, 0.29) is 11.2 Å². The second-order valence-electron chi connectivity index (χ2n) is 7.92. The molecule has 3 aromatic rings. The number of rotatable bonds is 7. The molecule has 3 aromatic heterocycles. The highest BCUT2D eigenvalue weighted by molar-refractivity contribution is 5.69. The van der Waals surface area contributed by atoms with E-state index in [0.717, 1.165) is 50.1 Å². The van der Waals surface area contributed by atoms with Crippen molar-refractivity contribution in [3.8, 4) is 0 Å². The second-order valence-corrected chi connectivity index (χ2v) is 7.92. The first kappa shape index (κ1) is 20.5. The molecule has 4 heterocycles. The number of likely N-dealkylation sites (N-methyl/N-ethyl adjacent to an activating group) is 1. The van der Waals surface area contributed by atoms with Crippen LogP contribution in [0.4, 0.5) is 0 Å². The Labute approximate surface area is 173 Å². The Bertz CT molecular complexity index is 1130. The van der Waals surface area contributed by atoms with E-state index in [2.05, 4.69) is 32.0 Å². The van der Waals surface area contributed by atoms with Crippen molar-refractivity contribution in [2.75, 3.05) is 39.8 Å². The third-order valence-corrected chi connectivity index (χ3v) is 5.76. The van der Waals surface area contributed by atoms with E-state index >= 15 is 0 Å². The molecule has 0 bridgehead atoms. The molecular weight excluding hydrogens is 388 g/mol. The average Bonchev–Trinajstić information content (AvgIpc) is 3.37. The number of imidazole rings is 1. The smallest absolute Gasteiger partial charge is 0.332 e. The van der Waals surface area contributed by atoms with Gasteiger partial charge in [-0.1, -0.05) is 5.16 Å². The molecule has 0 spiro atoms. The molecule has 1 fully saturated rings. The van der Waals surface area contributed by atoms with E-state index in [1.807, 2.05) is 0 Å².